The van der Waals surface area contributed by atoms with Crippen molar-refractivity contribution in [2.75, 3.05) is 24.7 Å². The molecule has 0 bridgehead atoms. The van der Waals surface area contributed by atoms with E-state index in [1.54, 1.807) is 18.2 Å². The van der Waals surface area contributed by atoms with Crippen LogP contribution in [0.5, 0.6) is 5.88 Å². The van der Waals surface area contributed by atoms with Crippen LogP contribution in [0.1, 0.15) is 18.0 Å². The van der Waals surface area contributed by atoms with Gasteiger partial charge in [0.15, 0.2) is 5.69 Å². The molecule has 2 aromatic heterocycles. The van der Waals surface area contributed by atoms with Crippen LogP contribution in [-0.2, 0) is 19.7 Å². The van der Waals surface area contributed by atoms with Crippen molar-refractivity contribution in [3.05, 3.63) is 72.3 Å². The van der Waals surface area contributed by atoms with Gasteiger partial charge in [-0.2, -0.15) is 21.6 Å². The molecule has 0 saturated carbocycles. The molecule has 16 heteroatoms. The van der Waals surface area contributed by atoms with Gasteiger partial charge in [-0.1, -0.05) is 10.5 Å². The van der Waals surface area contributed by atoms with E-state index >= 15 is 0 Å². The Bertz CT molecular complexity index is 1780. The van der Waals surface area contributed by atoms with Gasteiger partial charge in [0.2, 0.25) is 5.88 Å². The Morgan fingerprint density at radius 1 is 1.05 bits per heavy atom. The highest BCUT2D eigenvalue weighted by atomic mass is 32.2. The second-order valence-electron chi connectivity index (χ2n) is 9.12. The molecular weight excluding hydrogens is 589 g/mol. The zero-order valence-electron chi connectivity index (χ0n) is 21.5. The van der Waals surface area contributed by atoms with Gasteiger partial charge in [0.1, 0.15) is 22.9 Å². The van der Waals surface area contributed by atoms with Gasteiger partial charge < -0.3 is 14.9 Å². The number of methoxy groups -OCH3 is 1. The Labute approximate surface area is 235 Å². The Morgan fingerprint density at radius 2 is 1.83 bits per heavy atom. The minimum absolute atomic E-state index is 0.100. The highest BCUT2D eigenvalue weighted by Crippen LogP contribution is 2.37. The maximum absolute atomic E-state index is 14.6. The summed E-state index contributed by atoms with van der Waals surface area (Å²) in [6, 6.07) is 7.28. The number of benzene rings is 2. The normalized spacial score (nSPS) is 15.5. The Hall–Kier alpha value is -4.44. The number of alkyl halides is 3. The van der Waals surface area contributed by atoms with Gasteiger partial charge in [-0.25, -0.2) is 28.5 Å². The van der Waals surface area contributed by atoms with Crippen LogP contribution >= 0.6 is 0 Å². The summed E-state index contributed by atoms with van der Waals surface area (Å²) in [4.78, 5) is 27.5. The number of aromatic nitrogens is 3. The summed E-state index contributed by atoms with van der Waals surface area (Å²) in [5.41, 5.74) is 1.18. The molecule has 4 aromatic rings. The maximum atomic E-state index is 14.6. The minimum Gasteiger partial charge on any atom is -0.479 e. The first-order valence-corrected chi connectivity index (χ1v) is 13.6. The number of nitrogens with zero attached hydrogens (tertiary/aromatic N) is 4. The van der Waals surface area contributed by atoms with Crippen LogP contribution < -0.4 is 14.5 Å². The number of pyridine rings is 1. The van der Waals surface area contributed by atoms with Gasteiger partial charge in [-0.15, -0.1) is 0 Å². The molecule has 3 heterocycles. The minimum atomic E-state index is -5.64. The second-order valence-corrected chi connectivity index (χ2v) is 10.8. The molecule has 0 radical (unpaired) electrons. The molecule has 1 unspecified atom stereocenters. The number of ether oxygens (including phenoxy) is 1. The summed E-state index contributed by atoms with van der Waals surface area (Å²) in [7, 11) is -4.40. The lowest BCUT2D eigenvalue weighted by molar-refractivity contribution is -0.199. The highest BCUT2D eigenvalue weighted by Gasteiger charge is 2.46. The number of hydrogen-bond donors (Lipinski definition) is 1. The van der Waals surface area contributed by atoms with Crippen molar-refractivity contribution in [3.8, 4) is 17.0 Å². The number of nitrogens with one attached hydrogen (secondary N) is 1. The van der Waals surface area contributed by atoms with Crippen LogP contribution in [0.25, 0.3) is 22.0 Å². The molecule has 5 rings (SSSR count). The highest BCUT2D eigenvalue weighted by molar-refractivity contribution is 7.92. The number of halogens is 5. The van der Waals surface area contributed by atoms with Gasteiger partial charge >= 0.3 is 12.1 Å². The number of carbonyl (C=O) groups is 1. The number of carbonyl (C=O) groups excluding carboxylic acids is 1. The van der Waals surface area contributed by atoms with Gasteiger partial charge in [0.25, 0.3) is 10.0 Å². The van der Waals surface area contributed by atoms with Gasteiger partial charge in [-0.05, 0) is 48.9 Å². The number of sulfonamides is 1. The maximum Gasteiger partial charge on any atom is 0.493 e. The lowest BCUT2D eigenvalue weighted by Gasteiger charge is -2.24. The second kappa shape index (κ2) is 11.1. The summed E-state index contributed by atoms with van der Waals surface area (Å²) in [6.45, 7) is 1.50. The fourth-order valence-electron chi connectivity index (χ4n) is 4.48. The molecule has 0 amide bonds. The predicted molar refractivity (Wildman–Crippen MR) is 138 cm³/mol. The molecule has 1 fully saturated rings. The topological polar surface area (TPSA) is 124 Å². The Balaban J connectivity index is 1.67. The standard InChI is InChI=1S/C26H20F5N5O5S/c1-40-24-21(36(41-25(37)26(29,30)31)42(38,39)22-5-3-17(27)10-19(22)28)9-16(12-33-24)14-2-4-20-18(8-14)23(35-13-34-20)15-6-7-32-11-15/h2-5,8-10,12-13,15,32H,6-7,11H2,1H3. The van der Waals surface area contributed by atoms with E-state index in [2.05, 4.69) is 25.1 Å². The Morgan fingerprint density at radius 3 is 2.50 bits per heavy atom. The summed E-state index contributed by atoms with van der Waals surface area (Å²) in [5, 5.41) is 3.94. The van der Waals surface area contributed by atoms with Crippen LogP contribution in [0.3, 0.4) is 0 Å². The predicted octanol–water partition coefficient (Wildman–Crippen LogP) is 4.27. The first-order valence-electron chi connectivity index (χ1n) is 12.2. The van der Waals surface area contributed by atoms with Crippen LogP contribution in [-0.4, -0.2) is 55.7 Å². The van der Waals surface area contributed by atoms with Crippen molar-refractivity contribution in [1.82, 2.24) is 20.3 Å². The fraction of sp³-hybridized carbons (Fsp3) is 0.231. The number of rotatable bonds is 7. The molecule has 2 aromatic carbocycles. The van der Waals surface area contributed by atoms with Crippen molar-refractivity contribution in [2.45, 2.75) is 23.4 Å². The molecular formula is C26H20F5N5O5S. The van der Waals surface area contributed by atoms with Crippen molar-refractivity contribution in [3.63, 3.8) is 0 Å². The van der Waals surface area contributed by atoms with Crippen LogP contribution in [0.2, 0.25) is 0 Å². The summed E-state index contributed by atoms with van der Waals surface area (Å²) < 4.78 is 99.1. The monoisotopic (exact) mass is 609 g/mol. The van der Waals surface area contributed by atoms with Crippen molar-refractivity contribution < 1.29 is 44.7 Å². The SMILES string of the molecule is COc1ncc(-c2ccc3ncnc(C4CCNC4)c3c2)cc1N(OC(=O)C(F)(F)F)S(=O)(=O)c1ccc(F)cc1F. The molecule has 1 saturated heterocycles. The van der Waals surface area contributed by atoms with E-state index in [-0.39, 0.29) is 17.5 Å². The van der Waals surface area contributed by atoms with Crippen LogP contribution in [0, 0.1) is 11.6 Å². The quantitative estimate of drug-likeness (QED) is 0.242. The van der Waals surface area contributed by atoms with Gasteiger partial charge in [0, 0.05) is 35.7 Å². The molecule has 1 atom stereocenters. The number of fused-ring (bicyclic) bond motifs is 1. The lowest BCUT2D eigenvalue weighted by atomic mass is 9.97. The molecule has 0 aliphatic carbocycles. The van der Waals surface area contributed by atoms with Crippen molar-refractivity contribution in [2.24, 2.45) is 0 Å². The van der Waals surface area contributed by atoms with E-state index in [9.17, 15) is 35.2 Å². The third kappa shape index (κ3) is 5.54. The zero-order chi connectivity index (χ0) is 30.2. The molecule has 42 heavy (non-hydrogen) atoms. The molecule has 1 aliphatic heterocycles. The molecule has 1 aliphatic rings. The van der Waals surface area contributed by atoms with Gasteiger partial charge in [-0.3, -0.25) is 0 Å². The van der Waals surface area contributed by atoms with E-state index in [4.69, 9.17) is 4.74 Å². The third-order valence-electron chi connectivity index (χ3n) is 6.46. The van der Waals surface area contributed by atoms with E-state index < -0.39 is 54.7 Å². The summed E-state index contributed by atoms with van der Waals surface area (Å²) in [6.07, 6.45) is -2.12. The van der Waals surface area contributed by atoms with Crippen LogP contribution in [0.15, 0.2) is 59.9 Å². The van der Waals surface area contributed by atoms with Gasteiger partial charge in [0.05, 0.1) is 18.3 Å². The van der Waals surface area contributed by atoms with Crippen LogP contribution in [0.4, 0.5) is 27.6 Å². The Kier molecular flexibility index (Phi) is 7.68. The lowest BCUT2D eigenvalue weighted by Crippen LogP contribution is -2.39. The number of anilines is 1. The first-order chi connectivity index (χ1) is 19.9. The number of hydrogen-bond acceptors (Lipinski definition) is 9. The fourth-order valence-corrected chi connectivity index (χ4v) is 5.76. The summed E-state index contributed by atoms with van der Waals surface area (Å²) in [5.74, 6) is -6.21. The van der Waals surface area contributed by atoms with E-state index in [0.717, 1.165) is 31.8 Å². The van der Waals surface area contributed by atoms with Crippen molar-refractivity contribution >= 4 is 32.6 Å². The molecule has 0 spiro atoms. The first kappa shape index (κ1) is 29.1. The third-order valence-corrected chi connectivity index (χ3v) is 8.05. The van der Waals surface area contributed by atoms with E-state index in [1.807, 2.05) is 0 Å². The van der Waals surface area contributed by atoms with E-state index in [0.29, 0.717) is 35.1 Å². The summed E-state index contributed by atoms with van der Waals surface area (Å²) >= 11 is 0. The average molecular weight is 610 g/mol. The molecule has 220 valence electrons. The van der Waals surface area contributed by atoms with E-state index in [1.165, 1.54) is 12.5 Å². The molecule has 1 N–H and O–H groups in total. The van der Waals surface area contributed by atoms with Crippen molar-refractivity contribution in [1.29, 1.82) is 0 Å². The average Bonchev–Trinajstić information content (AvgIpc) is 3.49. The zero-order valence-corrected chi connectivity index (χ0v) is 22.3. The molecule has 10 nitrogen and oxygen atoms in total. The largest absolute Gasteiger partial charge is 0.493 e. The smallest absolute Gasteiger partial charge is 0.479 e.